The van der Waals surface area contributed by atoms with E-state index in [1.54, 1.807) is 0 Å². The Hall–Kier alpha value is -0.640. The second-order valence-electron chi connectivity index (χ2n) is 4.70. The van der Waals surface area contributed by atoms with E-state index in [-0.39, 0.29) is 30.6 Å². The molecule has 0 spiro atoms. The van der Waals surface area contributed by atoms with Crippen LogP contribution in [0.15, 0.2) is 12.1 Å². The number of likely N-dealkylation sites (tertiary alicyclic amines) is 1. The van der Waals surface area contributed by atoms with E-state index in [0.717, 1.165) is 30.8 Å². The molecule has 18 heavy (non-hydrogen) atoms. The number of aromatic hydroxyl groups is 1. The van der Waals surface area contributed by atoms with Gasteiger partial charge in [0.05, 0.1) is 5.69 Å². The summed E-state index contributed by atoms with van der Waals surface area (Å²) in [5.41, 5.74) is 8.32. The van der Waals surface area contributed by atoms with Crippen molar-refractivity contribution in [1.29, 1.82) is 0 Å². The minimum atomic E-state index is 0. The molecule has 3 nitrogen and oxygen atoms in total. The van der Waals surface area contributed by atoms with Crippen molar-refractivity contribution in [3.63, 3.8) is 0 Å². The SMILES string of the molecule is Cc1cc(N)c(O)c(CN2CCCCC2)c1.Cl.Cl. The number of hydrogen-bond donors (Lipinski definition) is 2. The van der Waals surface area contributed by atoms with E-state index >= 15 is 0 Å². The zero-order valence-corrected chi connectivity index (χ0v) is 12.3. The van der Waals surface area contributed by atoms with Crippen molar-refractivity contribution in [1.82, 2.24) is 4.90 Å². The fraction of sp³-hybridized carbons (Fsp3) is 0.538. The van der Waals surface area contributed by atoms with Crippen LogP contribution < -0.4 is 5.73 Å². The fourth-order valence-corrected chi connectivity index (χ4v) is 2.36. The van der Waals surface area contributed by atoms with E-state index in [1.165, 1.54) is 19.3 Å². The van der Waals surface area contributed by atoms with Gasteiger partial charge in [0.2, 0.25) is 0 Å². The van der Waals surface area contributed by atoms with Crippen LogP contribution in [0.5, 0.6) is 5.75 Å². The number of phenolic OH excluding ortho intramolecular Hbond substituents is 1. The van der Waals surface area contributed by atoms with Crippen molar-refractivity contribution >= 4 is 30.5 Å². The Labute approximate surface area is 121 Å². The highest BCUT2D eigenvalue weighted by Gasteiger charge is 2.13. The summed E-state index contributed by atoms with van der Waals surface area (Å²) in [6, 6.07) is 3.84. The van der Waals surface area contributed by atoms with E-state index < -0.39 is 0 Å². The van der Waals surface area contributed by atoms with Crippen LogP contribution in [0.25, 0.3) is 0 Å². The van der Waals surface area contributed by atoms with Gasteiger partial charge in [-0.05, 0) is 44.5 Å². The Morgan fingerprint density at radius 2 is 1.78 bits per heavy atom. The number of hydrogen-bond acceptors (Lipinski definition) is 3. The number of benzene rings is 1. The number of piperidine rings is 1. The fourth-order valence-electron chi connectivity index (χ4n) is 2.36. The molecule has 0 amide bonds. The predicted molar refractivity (Wildman–Crippen MR) is 80.9 cm³/mol. The van der Waals surface area contributed by atoms with E-state index in [1.807, 2.05) is 19.1 Å². The minimum absolute atomic E-state index is 0. The van der Waals surface area contributed by atoms with Crippen molar-refractivity contribution in [2.24, 2.45) is 0 Å². The molecule has 0 atom stereocenters. The lowest BCUT2D eigenvalue weighted by Gasteiger charge is -2.27. The van der Waals surface area contributed by atoms with Gasteiger partial charge in [-0.2, -0.15) is 0 Å². The first-order valence-electron chi connectivity index (χ1n) is 5.97. The maximum Gasteiger partial charge on any atom is 0.142 e. The van der Waals surface area contributed by atoms with Crippen LogP contribution in [0, 0.1) is 6.92 Å². The van der Waals surface area contributed by atoms with Gasteiger partial charge >= 0.3 is 0 Å². The Morgan fingerprint density at radius 3 is 2.39 bits per heavy atom. The van der Waals surface area contributed by atoms with Gasteiger partial charge in [0.15, 0.2) is 0 Å². The van der Waals surface area contributed by atoms with E-state index in [4.69, 9.17) is 5.73 Å². The summed E-state index contributed by atoms with van der Waals surface area (Å²) in [6.45, 7) is 5.09. The number of nitrogen functional groups attached to an aromatic ring is 1. The van der Waals surface area contributed by atoms with Gasteiger partial charge in [-0.1, -0.05) is 12.5 Å². The maximum absolute atomic E-state index is 9.90. The Kier molecular flexibility index (Phi) is 7.45. The summed E-state index contributed by atoms with van der Waals surface area (Å²) in [7, 11) is 0. The number of rotatable bonds is 2. The largest absolute Gasteiger partial charge is 0.505 e. The first-order valence-corrected chi connectivity index (χ1v) is 5.97. The molecule has 1 saturated heterocycles. The molecule has 1 aromatic carbocycles. The van der Waals surface area contributed by atoms with Crippen LogP contribution in [0.1, 0.15) is 30.4 Å². The molecule has 3 N–H and O–H groups in total. The Balaban J connectivity index is 0.00000144. The summed E-state index contributed by atoms with van der Waals surface area (Å²) < 4.78 is 0. The molecule has 1 fully saturated rings. The number of aryl methyl sites for hydroxylation is 1. The minimum Gasteiger partial charge on any atom is -0.505 e. The standard InChI is InChI=1S/C13H20N2O.2ClH/c1-10-7-11(13(16)12(14)8-10)9-15-5-3-2-4-6-15;;/h7-8,16H,2-6,9,14H2,1H3;2*1H. The first-order chi connectivity index (χ1) is 7.66. The third-order valence-electron chi connectivity index (χ3n) is 3.21. The van der Waals surface area contributed by atoms with Gasteiger partial charge < -0.3 is 10.8 Å². The van der Waals surface area contributed by atoms with E-state index in [9.17, 15) is 5.11 Å². The van der Waals surface area contributed by atoms with Gasteiger partial charge in [-0.3, -0.25) is 4.90 Å². The molecular weight excluding hydrogens is 271 g/mol. The lowest BCUT2D eigenvalue weighted by atomic mass is 10.1. The molecule has 0 radical (unpaired) electrons. The molecule has 1 aliphatic rings. The summed E-state index contributed by atoms with van der Waals surface area (Å²) >= 11 is 0. The molecule has 5 heteroatoms. The van der Waals surface area contributed by atoms with Crippen LogP contribution in [0.3, 0.4) is 0 Å². The zero-order chi connectivity index (χ0) is 11.5. The lowest BCUT2D eigenvalue weighted by molar-refractivity contribution is 0.218. The summed E-state index contributed by atoms with van der Waals surface area (Å²) in [5.74, 6) is 0.260. The van der Waals surface area contributed by atoms with Crippen LogP contribution in [-0.2, 0) is 6.54 Å². The monoisotopic (exact) mass is 292 g/mol. The average Bonchev–Trinajstić information content (AvgIpc) is 2.27. The van der Waals surface area contributed by atoms with Gasteiger partial charge in [-0.15, -0.1) is 24.8 Å². The molecule has 1 aliphatic heterocycles. The topological polar surface area (TPSA) is 49.5 Å². The molecule has 0 aromatic heterocycles. The number of halogens is 2. The highest BCUT2D eigenvalue weighted by atomic mass is 35.5. The lowest BCUT2D eigenvalue weighted by Crippen LogP contribution is -2.29. The molecule has 2 rings (SSSR count). The van der Waals surface area contributed by atoms with Gasteiger partial charge in [0, 0.05) is 12.1 Å². The number of anilines is 1. The van der Waals surface area contributed by atoms with Crippen LogP contribution >= 0.6 is 24.8 Å². The van der Waals surface area contributed by atoms with Crippen LogP contribution in [-0.4, -0.2) is 23.1 Å². The third kappa shape index (κ3) is 4.23. The Bertz CT molecular complexity index is 379. The Morgan fingerprint density at radius 1 is 1.17 bits per heavy atom. The number of nitrogens with zero attached hydrogens (tertiary/aromatic N) is 1. The predicted octanol–water partition coefficient (Wildman–Crippen LogP) is 3.11. The molecule has 0 bridgehead atoms. The third-order valence-corrected chi connectivity index (χ3v) is 3.21. The molecule has 0 unspecified atom stereocenters. The number of phenols is 1. The molecular formula is C13H22Cl2N2O. The maximum atomic E-state index is 9.90. The highest BCUT2D eigenvalue weighted by Crippen LogP contribution is 2.28. The number of nitrogens with two attached hydrogens (primary N) is 1. The van der Waals surface area contributed by atoms with Gasteiger partial charge in [-0.25, -0.2) is 0 Å². The molecule has 0 aliphatic carbocycles. The van der Waals surface area contributed by atoms with Crippen molar-refractivity contribution in [2.45, 2.75) is 32.7 Å². The molecule has 104 valence electrons. The molecule has 1 heterocycles. The van der Waals surface area contributed by atoms with E-state index in [0.29, 0.717) is 5.69 Å². The highest BCUT2D eigenvalue weighted by molar-refractivity contribution is 5.85. The van der Waals surface area contributed by atoms with Crippen molar-refractivity contribution in [3.05, 3.63) is 23.3 Å². The molecule has 0 saturated carbocycles. The second kappa shape index (κ2) is 7.72. The zero-order valence-electron chi connectivity index (χ0n) is 10.7. The second-order valence-corrected chi connectivity index (χ2v) is 4.70. The van der Waals surface area contributed by atoms with Crippen molar-refractivity contribution in [3.8, 4) is 5.75 Å². The van der Waals surface area contributed by atoms with Crippen molar-refractivity contribution < 1.29 is 5.11 Å². The average molecular weight is 293 g/mol. The van der Waals surface area contributed by atoms with Crippen molar-refractivity contribution in [2.75, 3.05) is 18.8 Å². The van der Waals surface area contributed by atoms with Crippen LogP contribution in [0.2, 0.25) is 0 Å². The smallest absolute Gasteiger partial charge is 0.142 e. The summed E-state index contributed by atoms with van der Waals surface area (Å²) in [5, 5.41) is 9.90. The summed E-state index contributed by atoms with van der Waals surface area (Å²) in [4.78, 5) is 2.39. The quantitative estimate of drug-likeness (QED) is 0.650. The molecule has 1 aromatic rings. The van der Waals surface area contributed by atoms with E-state index in [2.05, 4.69) is 4.90 Å². The first kappa shape index (κ1) is 17.4. The summed E-state index contributed by atoms with van der Waals surface area (Å²) in [6.07, 6.45) is 3.86. The van der Waals surface area contributed by atoms with Crippen LogP contribution in [0.4, 0.5) is 5.69 Å². The van der Waals surface area contributed by atoms with Gasteiger partial charge in [0.25, 0.3) is 0 Å². The normalized spacial score (nSPS) is 15.6. The van der Waals surface area contributed by atoms with Gasteiger partial charge in [0.1, 0.15) is 5.75 Å².